The van der Waals surface area contributed by atoms with Crippen molar-refractivity contribution in [1.82, 2.24) is 0 Å². The minimum Gasteiger partial charge on any atom is -0.299 e. The quantitative estimate of drug-likeness (QED) is 0.564. The number of rotatable bonds is 0. The van der Waals surface area contributed by atoms with Gasteiger partial charge in [-0.2, -0.15) is 0 Å². The number of carbonyl (C=O) groups excluding carboxylic acids is 2. The molecule has 0 aromatic carbocycles. The lowest BCUT2D eigenvalue weighted by Gasteiger charge is -2.62. The van der Waals surface area contributed by atoms with Crippen LogP contribution in [-0.4, -0.2) is 16.9 Å². The van der Waals surface area contributed by atoms with Crippen molar-refractivity contribution in [1.29, 1.82) is 0 Å². The maximum absolute atomic E-state index is 12.6. The monoisotopic (exact) mass is 360 g/mol. The van der Waals surface area contributed by atoms with Crippen LogP contribution < -0.4 is 0 Å². The summed E-state index contributed by atoms with van der Waals surface area (Å²) in [6.45, 7) is 4.81. The Balaban J connectivity index is 1.55. The second-order valence-electron chi connectivity index (χ2n) is 10.1. The molecule has 0 N–H and O–H groups in total. The van der Waals surface area contributed by atoms with Crippen LogP contribution in [0.15, 0.2) is 11.6 Å². The van der Waals surface area contributed by atoms with Gasteiger partial charge >= 0.3 is 0 Å². The molecule has 5 aliphatic carbocycles. The standard InChI is InChI=1S/C22H29ClO2/c1-20-7-3-14(24)11-13(20)12-17(23)19-15(20)4-8-21(2)16(19)5-9-22(21)10-6-18(22)25/h11,15-17,19H,3-10,12H2,1-2H3/t15-,16-,17+,19+,20-,21-,22-/m0/s1. The summed E-state index contributed by atoms with van der Waals surface area (Å²) >= 11 is 7.00. The maximum Gasteiger partial charge on any atom is 0.155 e. The number of carbonyl (C=O) groups is 2. The van der Waals surface area contributed by atoms with Crippen molar-refractivity contribution in [2.45, 2.75) is 77.0 Å². The van der Waals surface area contributed by atoms with E-state index >= 15 is 0 Å². The van der Waals surface area contributed by atoms with Crippen LogP contribution in [0.4, 0.5) is 0 Å². The molecular weight excluding hydrogens is 332 g/mol. The summed E-state index contributed by atoms with van der Waals surface area (Å²) in [5.41, 5.74) is 1.63. The van der Waals surface area contributed by atoms with Gasteiger partial charge in [-0.15, -0.1) is 11.6 Å². The van der Waals surface area contributed by atoms with Gasteiger partial charge in [-0.05, 0) is 79.6 Å². The molecule has 0 radical (unpaired) electrons. The lowest BCUT2D eigenvalue weighted by Crippen LogP contribution is -2.59. The smallest absolute Gasteiger partial charge is 0.155 e. The molecule has 3 heteroatoms. The second-order valence-corrected chi connectivity index (χ2v) is 10.6. The molecule has 136 valence electrons. The average molecular weight is 361 g/mol. The van der Waals surface area contributed by atoms with Gasteiger partial charge in [-0.3, -0.25) is 9.59 Å². The first-order valence-electron chi connectivity index (χ1n) is 10.2. The zero-order chi connectivity index (χ0) is 17.6. The fourth-order valence-electron chi connectivity index (χ4n) is 8.01. The molecule has 0 saturated heterocycles. The lowest BCUT2D eigenvalue weighted by molar-refractivity contribution is -0.157. The highest BCUT2D eigenvalue weighted by Crippen LogP contribution is 2.73. The highest BCUT2D eigenvalue weighted by Gasteiger charge is 2.69. The Hall–Kier alpha value is -0.630. The number of allylic oxidation sites excluding steroid dienone is 1. The molecule has 0 heterocycles. The molecule has 0 aromatic heterocycles. The van der Waals surface area contributed by atoms with Crippen LogP contribution in [0, 0.1) is 34.0 Å². The molecule has 4 saturated carbocycles. The van der Waals surface area contributed by atoms with E-state index in [-0.39, 0.29) is 27.4 Å². The highest BCUT2D eigenvalue weighted by atomic mass is 35.5. The predicted octanol–water partition coefficient (Wildman–Crippen LogP) is 5.08. The van der Waals surface area contributed by atoms with E-state index in [0.717, 1.165) is 32.1 Å². The molecule has 0 amide bonds. The number of ketones is 2. The molecular formula is C22H29ClO2. The van der Waals surface area contributed by atoms with Crippen LogP contribution in [0.2, 0.25) is 0 Å². The normalized spacial score (nSPS) is 54.4. The van der Waals surface area contributed by atoms with E-state index in [9.17, 15) is 9.59 Å². The highest BCUT2D eigenvalue weighted by molar-refractivity contribution is 6.21. The van der Waals surface area contributed by atoms with Crippen molar-refractivity contribution in [3.05, 3.63) is 11.6 Å². The number of halogens is 1. The minimum absolute atomic E-state index is 0.0151. The largest absolute Gasteiger partial charge is 0.299 e. The molecule has 0 bridgehead atoms. The third-order valence-electron chi connectivity index (χ3n) is 9.62. The van der Waals surface area contributed by atoms with E-state index < -0.39 is 0 Å². The van der Waals surface area contributed by atoms with Crippen LogP contribution >= 0.6 is 11.6 Å². The van der Waals surface area contributed by atoms with Crippen molar-refractivity contribution < 1.29 is 9.59 Å². The lowest BCUT2D eigenvalue weighted by atomic mass is 9.42. The Morgan fingerprint density at radius 3 is 2.44 bits per heavy atom. The summed E-state index contributed by atoms with van der Waals surface area (Å²) in [5, 5.41) is 0.130. The van der Waals surface area contributed by atoms with Crippen molar-refractivity contribution in [2.75, 3.05) is 0 Å². The third kappa shape index (κ3) is 1.83. The van der Waals surface area contributed by atoms with Crippen molar-refractivity contribution in [2.24, 2.45) is 34.0 Å². The Kier molecular flexibility index (Phi) is 3.31. The summed E-state index contributed by atoms with van der Waals surface area (Å²) in [6, 6.07) is 0. The van der Waals surface area contributed by atoms with Gasteiger partial charge in [0.2, 0.25) is 0 Å². The summed E-state index contributed by atoms with van der Waals surface area (Å²) in [4.78, 5) is 24.6. The zero-order valence-electron chi connectivity index (χ0n) is 15.4. The van der Waals surface area contributed by atoms with Gasteiger partial charge in [-0.25, -0.2) is 0 Å². The Morgan fingerprint density at radius 1 is 1.00 bits per heavy atom. The van der Waals surface area contributed by atoms with Crippen molar-refractivity contribution in [3.8, 4) is 0 Å². The molecule has 4 fully saturated rings. The number of Topliss-reactive ketones (excluding diaryl/α,β-unsaturated/α-hetero) is 1. The van der Waals surface area contributed by atoms with Crippen molar-refractivity contribution in [3.63, 3.8) is 0 Å². The summed E-state index contributed by atoms with van der Waals surface area (Å²) in [6.07, 6.45) is 11.0. The first-order valence-corrected chi connectivity index (χ1v) is 10.7. The molecule has 7 atom stereocenters. The third-order valence-corrected chi connectivity index (χ3v) is 10.1. The van der Waals surface area contributed by atoms with Gasteiger partial charge in [0.15, 0.2) is 5.78 Å². The summed E-state index contributed by atoms with van der Waals surface area (Å²) in [7, 11) is 0. The van der Waals surface area contributed by atoms with E-state index in [1.54, 1.807) is 0 Å². The van der Waals surface area contributed by atoms with Gasteiger partial charge < -0.3 is 0 Å². The Bertz CT molecular complexity index is 696. The van der Waals surface area contributed by atoms with E-state index in [4.69, 9.17) is 11.6 Å². The first-order chi connectivity index (χ1) is 11.8. The summed E-state index contributed by atoms with van der Waals surface area (Å²) < 4.78 is 0. The fraction of sp³-hybridized carbons (Fsp3) is 0.818. The van der Waals surface area contributed by atoms with Crippen LogP contribution in [0.25, 0.3) is 0 Å². The van der Waals surface area contributed by atoms with Crippen LogP contribution in [-0.2, 0) is 9.59 Å². The van der Waals surface area contributed by atoms with Gasteiger partial charge in [0.25, 0.3) is 0 Å². The number of fused-ring (bicyclic) bond motifs is 6. The first kappa shape index (κ1) is 16.5. The molecule has 1 spiro atoms. The van der Waals surface area contributed by atoms with Crippen LogP contribution in [0.5, 0.6) is 0 Å². The Morgan fingerprint density at radius 2 is 1.76 bits per heavy atom. The fourth-order valence-corrected chi connectivity index (χ4v) is 8.53. The van der Waals surface area contributed by atoms with Gasteiger partial charge in [-0.1, -0.05) is 19.4 Å². The van der Waals surface area contributed by atoms with Gasteiger partial charge in [0, 0.05) is 23.6 Å². The second kappa shape index (κ2) is 5.00. The van der Waals surface area contributed by atoms with Crippen molar-refractivity contribution >= 4 is 23.2 Å². The molecule has 0 aliphatic heterocycles. The maximum atomic E-state index is 12.6. The van der Waals surface area contributed by atoms with Crippen LogP contribution in [0.3, 0.4) is 0 Å². The average Bonchev–Trinajstić information content (AvgIpc) is 2.90. The molecule has 25 heavy (non-hydrogen) atoms. The molecule has 0 unspecified atom stereocenters. The zero-order valence-corrected chi connectivity index (χ0v) is 16.2. The Labute approximate surface area is 155 Å². The summed E-state index contributed by atoms with van der Waals surface area (Å²) in [5.74, 6) is 2.52. The van der Waals surface area contributed by atoms with E-state index in [2.05, 4.69) is 13.8 Å². The number of hydrogen-bond acceptors (Lipinski definition) is 2. The van der Waals surface area contributed by atoms with Crippen LogP contribution in [0.1, 0.15) is 71.6 Å². The minimum atomic E-state index is -0.0151. The number of alkyl halides is 1. The number of hydrogen-bond donors (Lipinski definition) is 0. The topological polar surface area (TPSA) is 34.1 Å². The van der Waals surface area contributed by atoms with E-state index in [1.165, 1.54) is 24.8 Å². The van der Waals surface area contributed by atoms with Gasteiger partial charge in [0.05, 0.1) is 0 Å². The van der Waals surface area contributed by atoms with E-state index in [1.807, 2.05) is 6.08 Å². The molecule has 2 nitrogen and oxygen atoms in total. The van der Waals surface area contributed by atoms with Gasteiger partial charge in [0.1, 0.15) is 5.78 Å². The SMILES string of the molecule is C[C@]12CCC(=O)C=C1C[C@@H](Cl)[C@@H]1[C@@H]2CC[C@@]2(C)[C@H]1CC[C@@]21CCC1=O. The molecule has 5 rings (SSSR count). The molecule has 0 aromatic rings. The predicted molar refractivity (Wildman–Crippen MR) is 98.4 cm³/mol. The van der Waals surface area contributed by atoms with E-state index in [0.29, 0.717) is 30.0 Å². The molecule has 5 aliphatic rings.